The summed E-state index contributed by atoms with van der Waals surface area (Å²) < 4.78 is 1.92. The minimum absolute atomic E-state index is 0.360. The first-order valence-electron chi connectivity index (χ1n) is 5.24. The van der Waals surface area contributed by atoms with Gasteiger partial charge in [-0.25, -0.2) is 9.97 Å². The van der Waals surface area contributed by atoms with Gasteiger partial charge in [0.05, 0.1) is 0 Å². The molecule has 4 nitrogen and oxygen atoms in total. The van der Waals surface area contributed by atoms with Crippen LogP contribution in [-0.4, -0.2) is 19.5 Å². The summed E-state index contributed by atoms with van der Waals surface area (Å²) in [5, 5.41) is 0.719. The second kappa shape index (κ2) is 4.23. The maximum atomic E-state index is 5.92. The molecule has 3 heterocycles. The molecule has 0 unspecified atom stereocenters. The average Bonchev–Trinajstić information content (AvgIpc) is 2.66. The second-order valence-corrected chi connectivity index (χ2v) is 4.66. The van der Waals surface area contributed by atoms with E-state index in [0.717, 1.165) is 22.3 Å². The zero-order chi connectivity index (χ0) is 12.7. The van der Waals surface area contributed by atoms with Crippen molar-refractivity contribution in [3.63, 3.8) is 0 Å². The number of hydrogen-bond donors (Lipinski definition) is 0. The van der Waals surface area contributed by atoms with Crippen LogP contribution in [0.25, 0.3) is 22.3 Å². The number of rotatable bonds is 1. The Kier molecular flexibility index (Phi) is 2.69. The van der Waals surface area contributed by atoms with E-state index in [1.54, 1.807) is 24.5 Å². The molecule has 3 rings (SSSR count). The maximum absolute atomic E-state index is 5.92. The van der Waals surface area contributed by atoms with Crippen LogP contribution < -0.4 is 0 Å². The number of pyridine rings is 1. The molecule has 90 valence electrons. The lowest BCUT2D eigenvalue weighted by atomic mass is 10.1. The molecule has 18 heavy (non-hydrogen) atoms. The number of aryl methyl sites for hydroxylation is 1. The van der Waals surface area contributed by atoms with Crippen LogP contribution >= 0.6 is 23.2 Å². The third-order valence-electron chi connectivity index (χ3n) is 2.66. The highest BCUT2D eigenvalue weighted by molar-refractivity contribution is 6.33. The first-order valence-corrected chi connectivity index (χ1v) is 6.00. The predicted octanol–water partition coefficient (Wildman–Crippen LogP) is 3.34. The van der Waals surface area contributed by atoms with Gasteiger partial charge in [-0.1, -0.05) is 23.2 Å². The summed E-state index contributed by atoms with van der Waals surface area (Å²) in [7, 11) is 1.92. The zero-order valence-electron chi connectivity index (χ0n) is 9.43. The van der Waals surface area contributed by atoms with Crippen LogP contribution in [0, 0.1) is 0 Å². The Bertz CT molecular complexity index is 716. The zero-order valence-corrected chi connectivity index (χ0v) is 10.9. The average molecular weight is 279 g/mol. The summed E-state index contributed by atoms with van der Waals surface area (Å²) in [6.45, 7) is 0. The van der Waals surface area contributed by atoms with Crippen molar-refractivity contribution in [1.29, 1.82) is 0 Å². The van der Waals surface area contributed by atoms with Crippen LogP contribution in [0.3, 0.4) is 0 Å². The van der Waals surface area contributed by atoms with Gasteiger partial charge in [0, 0.05) is 31.2 Å². The van der Waals surface area contributed by atoms with Crippen LogP contribution in [0.1, 0.15) is 0 Å². The van der Waals surface area contributed by atoms with Gasteiger partial charge in [0.1, 0.15) is 15.8 Å². The molecular weight excluding hydrogens is 271 g/mol. The second-order valence-electron chi connectivity index (χ2n) is 3.88. The number of nitrogens with zero attached hydrogens (tertiary/aromatic N) is 4. The van der Waals surface area contributed by atoms with E-state index in [1.807, 2.05) is 17.8 Å². The number of aromatic nitrogens is 4. The van der Waals surface area contributed by atoms with Crippen LogP contribution in [-0.2, 0) is 7.05 Å². The highest BCUT2D eigenvalue weighted by atomic mass is 35.5. The Morgan fingerprint density at radius 2 is 1.72 bits per heavy atom. The van der Waals surface area contributed by atoms with Crippen molar-refractivity contribution in [2.75, 3.05) is 0 Å². The van der Waals surface area contributed by atoms with Crippen molar-refractivity contribution in [1.82, 2.24) is 19.5 Å². The lowest BCUT2D eigenvalue weighted by Gasteiger charge is -2.00. The molecule has 0 N–H and O–H groups in total. The molecule has 0 aliphatic rings. The molecular formula is C12H8Cl2N4. The number of halogens is 2. The summed E-state index contributed by atoms with van der Waals surface area (Å²) in [6.07, 6.45) is 5.28. The third-order valence-corrected chi connectivity index (χ3v) is 3.05. The molecule has 0 saturated carbocycles. The smallest absolute Gasteiger partial charge is 0.159 e. The van der Waals surface area contributed by atoms with Crippen LogP contribution in [0.4, 0.5) is 0 Å². The fraction of sp³-hybridized carbons (Fsp3) is 0.0833. The van der Waals surface area contributed by atoms with Crippen molar-refractivity contribution in [3.8, 4) is 11.1 Å². The Balaban J connectivity index is 2.31. The minimum atomic E-state index is 0.360. The molecule has 3 aromatic heterocycles. The number of fused-ring (bicyclic) bond motifs is 1. The van der Waals surface area contributed by atoms with Gasteiger partial charge in [-0.2, -0.15) is 0 Å². The standard InChI is InChI=1S/C12H8Cl2N4/c1-18-6-8(11-12(18)16-3-2-15-11)7-4-9(13)17-10(14)5-7/h2-6H,1H3. The van der Waals surface area contributed by atoms with Crippen molar-refractivity contribution >= 4 is 34.4 Å². The largest absolute Gasteiger partial charge is 0.334 e. The monoisotopic (exact) mass is 278 g/mol. The van der Waals surface area contributed by atoms with Gasteiger partial charge in [0.25, 0.3) is 0 Å². The fourth-order valence-corrected chi connectivity index (χ4v) is 2.39. The minimum Gasteiger partial charge on any atom is -0.334 e. The lowest BCUT2D eigenvalue weighted by molar-refractivity contribution is 0.947. The molecule has 3 aromatic rings. The van der Waals surface area contributed by atoms with Crippen molar-refractivity contribution < 1.29 is 0 Å². The van der Waals surface area contributed by atoms with Gasteiger partial charge in [0.15, 0.2) is 5.65 Å². The molecule has 0 radical (unpaired) electrons. The van der Waals surface area contributed by atoms with Crippen LogP contribution in [0.15, 0.2) is 30.7 Å². The molecule has 0 spiro atoms. The first kappa shape index (κ1) is 11.4. The first-order chi connectivity index (χ1) is 8.65. The highest BCUT2D eigenvalue weighted by Gasteiger charge is 2.12. The third kappa shape index (κ3) is 1.83. The van der Waals surface area contributed by atoms with Gasteiger partial charge in [-0.3, -0.25) is 4.98 Å². The predicted molar refractivity (Wildman–Crippen MR) is 71.8 cm³/mol. The van der Waals surface area contributed by atoms with E-state index in [0.29, 0.717) is 10.3 Å². The highest BCUT2D eigenvalue weighted by Crippen LogP contribution is 2.30. The summed E-state index contributed by atoms with van der Waals surface area (Å²) in [6, 6.07) is 3.52. The van der Waals surface area contributed by atoms with Gasteiger partial charge in [-0.15, -0.1) is 0 Å². The van der Waals surface area contributed by atoms with Crippen molar-refractivity contribution in [2.24, 2.45) is 7.05 Å². The van der Waals surface area contributed by atoms with E-state index in [9.17, 15) is 0 Å². The Morgan fingerprint density at radius 1 is 1.06 bits per heavy atom. The Morgan fingerprint density at radius 3 is 2.44 bits per heavy atom. The van der Waals surface area contributed by atoms with E-state index in [4.69, 9.17) is 23.2 Å². The topological polar surface area (TPSA) is 43.6 Å². The van der Waals surface area contributed by atoms with Crippen LogP contribution in [0.2, 0.25) is 10.3 Å². The maximum Gasteiger partial charge on any atom is 0.159 e. The molecule has 0 aliphatic carbocycles. The normalized spacial score (nSPS) is 11.1. The molecule has 0 aromatic carbocycles. The summed E-state index contributed by atoms with van der Waals surface area (Å²) in [5.74, 6) is 0. The molecule has 0 atom stereocenters. The summed E-state index contributed by atoms with van der Waals surface area (Å²) >= 11 is 11.8. The Hall–Kier alpha value is -1.65. The van der Waals surface area contributed by atoms with Gasteiger partial charge < -0.3 is 4.57 Å². The van der Waals surface area contributed by atoms with E-state index in [-0.39, 0.29) is 0 Å². The summed E-state index contributed by atoms with van der Waals surface area (Å²) in [4.78, 5) is 12.6. The van der Waals surface area contributed by atoms with Gasteiger partial charge in [-0.05, 0) is 17.7 Å². The van der Waals surface area contributed by atoms with E-state index >= 15 is 0 Å². The van der Waals surface area contributed by atoms with Gasteiger partial charge >= 0.3 is 0 Å². The summed E-state index contributed by atoms with van der Waals surface area (Å²) in [5.41, 5.74) is 3.45. The molecule has 0 aliphatic heterocycles. The van der Waals surface area contributed by atoms with Crippen LogP contribution in [0.5, 0.6) is 0 Å². The lowest BCUT2D eigenvalue weighted by Crippen LogP contribution is -1.87. The van der Waals surface area contributed by atoms with Crippen molar-refractivity contribution in [3.05, 3.63) is 41.0 Å². The number of hydrogen-bond acceptors (Lipinski definition) is 3. The van der Waals surface area contributed by atoms with E-state index < -0.39 is 0 Å². The van der Waals surface area contributed by atoms with E-state index in [1.165, 1.54) is 0 Å². The molecule has 6 heteroatoms. The van der Waals surface area contributed by atoms with Crippen molar-refractivity contribution in [2.45, 2.75) is 0 Å². The SMILES string of the molecule is Cn1cc(-c2cc(Cl)nc(Cl)c2)c2nccnc21. The molecule has 0 bridgehead atoms. The quantitative estimate of drug-likeness (QED) is 0.642. The molecule has 0 amide bonds. The molecule has 0 fully saturated rings. The fourth-order valence-electron chi connectivity index (χ4n) is 1.93. The van der Waals surface area contributed by atoms with Gasteiger partial charge in [0.2, 0.25) is 0 Å². The Labute approximate surface area is 113 Å². The van der Waals surface area contributed by atoms with E-state index in [2.05, 4.69) is 15.0 Å². The molecule has 0 saturated heterocycles.